The van der Waals surface area contributed by atoms with E-state index >= 15 is 0 Å². The number of rotatable bonds is 7. The molecule has 0 spiro atoms. The van der Waals surface area contributed by atoms with Crippen LogP contribution in [0.1, 0.15) is 16.7 Å². The lowest BCUT2D eigenvalue weighted by Gasteiger charge is -2.14. The van der Waals surface area contributed by atoms with Gasteiger partial charge in [0.05, 0.1) is 4.91 Å². The van der Waals surface area contributed by atoms with E-state index < -0.39 is 29.4 Å². The Hall–Kier alpha value is -4.70. The van der Waals surface area contributed by atoms with Crippen LogP contribution in [0.4, 0.5) is 20.6 Å². The van der Waals surface area contributed by atoms with Crippen LogP contribution in [0.3, 0.4) is 0 Å². The number of para-hydroxylation sites is 1. The first-order valence-corrected chi connectivity index (χ1v) is 13.3. The number of amides is 4. The molecule has 4 aromatic rings. The minimum atomic E-state index is -0.558. The summed E-state index contributed by atoms with van der Waals surface area (Å²) in [5.74, 6) is -1.74. The van der Waals surface area contributed by atoms with Gasteiger partial charge in [0.25, 0.3) is 11.1 Å². The van der Waals surface area contributed by atoms with Crippen LogP contribution in [0.15, 0.2) is 77.8 Å². The van der Waals surface area contributed by atoms with Crippen molar-refractivity contribution in [3.8, 4) is 0 Å². The molecule has 3 aromatic carbocycles. The van der Waals surface area contributed by atoms with Gasteiger partial charge in [-0.05, 0) is 79.2 Å². The zero-order valence-electron chi connectivity index (χ0n) is 21.7. The van der Waals surface area contributed by atoms with Gasteiger partial charge in [0.1, 0.15) is 18.9 Å². The van der Waals surface area contributed by atoms with Crippen molar-refractivity contribution in [2.75, 3.05) is 17.2 Å². The minimum Gasteiger partial charge on any atom is -0.337 e. The third-order valence-electron chi connectivity index (χ3n) is 6.60. The molecule has 5 rings (SSSR count). The van der Waals surface area contributed by atoms with Crippen molar-refractivity contribution in [1.82, 2.24) is 9.47 Å². The Morgan fingerprint density at radius 1 is 0.900 bits per heavy atom. The molecule has 202 valence electrons. The van der Waals surface area contributed by atoms with E-state index in [1.54, 1.807) is 22.9 Å². The number of hydrogen-bond donors (Lipinski definition) is 2. The third kappa shape index (κ3) is 5.67. The molecule has 8 nitrogen and oxygen atoms in total. The molecule has 40 heavy (non-hydrogen) atoms. The van der Waals surface area contributed by atoms with Gasteiger partial charge in [-0.2, -0.15) is 0 Å². The SMILES string of the molecule is Cc1cccc(NC(=O)CN2C(=O)S/C(=C\c3cn(CC(=O)Nc4ccc(F)cc4)c4ccccc34)C2=O)c1C. The Kier molecular flexibility index (Phi) is 7.52. The van der Waals surface area contributed by atoms with Gasteiger partial charge in [-0.15, -0.1) is 0 Å². The first-order valence-electron chi connectivity index (χ1n) is 12.4. The predicted molar refractivity (Wildman–Crippen MR) is 154 cm³/mol. The third-order valence-corrected chi connectivity index (χ3v) is 7.51. The number of carbonyl (C=O) groups excluding carboxylic acids is 4. The smallest absolute Gasteiger partial charge is 0.294 e. The van der Waals surface area contributed by atoms with Crippen LogP contribution >= 0.6 is 11.8 Å². The summed E-state index contributed by atoms with van der Waals surface area (Å²) >= 11 is 0.765. The van der Waals surface area contributed by atoms with Crippen molar-refractivity contribution in [3.05, 3.63) is 100 Å². The standard InChI is InChI=1S/C30H25FN4O4S/c1-18-6-5-8-24(19(18)2)33-28(37)17-35-29(38)26(40-30(35)39)14-20-15-34(25-9-4-3-7-23(20)25)16-27(36)32-22-12-10-21(31)11-13-22/h3-15H,16-17H2,1-2H3,(H,32,36)(H,33,37)/b26-14-. The van der Waals surface area contributed by atoms with Crippen molar-refractivity contribution in [3.63, 3.8) is 0 Å². The fourth-order valence-corrected chi connectivity index (χ4v) is 5.24. The van der Waals surface area contributed by atoms with Crippen LogP contribution in [0.5, 0.6) is 0 Å². The maximum atomic E-state index is 13.2. The highest BCUT2D eigenvalue weighted by molar-refractivity contribution is 8.18. The Balaban J connectivity index is 1.33. The highest BCUT2D eigenvalue weighted by Gasteiger charge is 2.36. The van der Waals surface area contributed by atoms with E-state index in [0.717, 1.165) is 38.7 Å². The van der Waals surface area contributed by atoms with E-state index in [9.17, 15) is 23.6 Å². The van der Waals surface area contributed by atoms with Gasteiger partial charge >= 0.3 is 0 Å². The van der Waals surface area contributed by atoms with E-state index in [2.05, 4.69) is 10.6 Å². The van der Waals surface area contributed by atoms with Crippen molar-refractivity contribution >= 4 is 63.1 Å². The summed E-state index contributed by atoms with van der Waals surface area (Å²) < 4.78 is 14.9. The molecule has 0 bridgehead atoms. The fraction of sp³-hybridized carbons (Fsp3) is 0.133. The second-order valence-electron chi connectivity index (χ2n) is 9.35. The van der Waals surface area contributed by atoms with Crippen molar-refractivity contribution < 1.29 is 23.6 Å². The van der Waals surface area contributed by atoms with E-state index in [4.69, 9.17) is 0 Å². The molecule has 4 amide bonds. The monoisotopic (exact) mass is 556 g/mol. The number of anilines is 2. The van der Waals surface area contributed by atoms with E-state index in [0.29, 0.717) is 16.9 Å². The molecule has 1 aromatic heterocycles. The average Bonchev–Trinajstić information content (AvgIpc) is 3.39. The maximum Gasteiger partial charge on any atom is 0.294 e. The molecule has 0 unspecified atom stereocenters. The largest absolute Gasteiger partial charge is 0.337 e. The predicted octanol–water partition coefficient (Wildman–Crippen LogP) is 5.71. The van der Waals surface area contributed by atoms with Gasteiger partial charge in [0.15, 0.2) is 0 Å². The number of fused-ring (bicyclic) bond motifs is 1. The Labute approximate surface area is 233 Å². The van der Waals surface area contributed by atoms with E-state index in [1.165, 1.54) is 24.3 Å². The van der Waals surface area contributed by atoms with Gasteiger partial charge in [-0.25, -0.2) is 4.39 Å². The topological polar surface area (TPSA) is 101 Å². The molecular weight excluding hydrogens is 531 g/mol. The lowest BCUT2D eigenvalue weighted by molar-refractivity contribution is -0.127. The van der Waals surface area contributed by atoms with Crippen LogP contribution in [0, 0.1) is 19.7 Å². The molecule has 1 saturated heterocycles. The average molecular weight is 557 g/mol. The molecule has 0 saturated carbocycles. The first-order chi connectivity index (χ1) is 19.2. The number of nitrogens with one attached hydrogen (secondary N) is 2. The molecule has 10 heteroatoms. The van der Waals surface area contributed by atoms with Gasteiger partial charge in [0, 0.05) is 34.0 Å². The Bertz CT molecular complexity index is 1690. The normalized spacial score (nSPS) is 14.3. The van der Waals surface area contributed by atoms with Crippen LogP contribution in [0.25, 0.3) is 17.0 Å². The number of aryl methyl sites for hydroxylation is 1. The zero-order valence-corrected chi connectivity index (χ0v) is 22.5. The molecule has 1 aliphatic heterocycles. The number of hydrogen-bond acceptors (Lipinski definition) is 5. The first kappa shape index (κ1) is 26.9. The molecule has 1 aliphatic rings. The van der Waals surface area contributed by atoms with Crippen molar-refractivity contribution in [2.45, 2.75) is 20.4 Å². The number of aromatic nitrogens is 1. The summed E-state index contributed by atoms with van der Waals surface area (Å²) in [6.45, 7) is 3.39. The van der Waals surface area contributed by atoms with Crippen LogP contribution in [-0.4, -0.2) is 39.0 Å². The van der Waals surface area contributed by atoms with Crippen LogP contribution in [-0.2, 0) is 20.9 Å². The summed E-state index contributed by atoms with van der Waals surface area (Å²) in [6, 6.07) is 18.4. The quantitative estimate of drug-likeness (QED) is 0.284. The van der Waals surface area contributed by atoms with Gasteiger partial charge < -0.3 is 15.2 Å². The molecule has 2 N–H and O–H groups in total. The summed E-state index contributed by atoms with van der Waals surface area (Å²) in [7, 11) is 0. The number of halogens is 1. The summed E-state index contributed by atoms with van der Waals surface area (Å²) in [4.78, 5) is 52.2. The molecule has 2 heterocycles. The summed E-state index contributed by atoms with van der Waals surface area (Å²) in [5.41, 5.74) is 4.43. The molecule has 1 fully saturated rings. The lowest BCUT2D eigenvalue weighted by atomic mass is 10.1. The Morgan fingerprint density at radius 2 is 1.62 bits per heavy atom. The molecular formula is C30H25FN4O4S. The number of imide groups is 1. The highest BCUT2D eigenvalue weighted by atomic mass is 32.2. The van der Waals surface area contributed by atoms with Gasteiger partial charge in [-0.3, -0.25) is 24.1 Å². The van der Waals surface area contributed by atoms with Gasteiger partial charge in [-0.1, -0.05) is 30.3 Å². The molecule has 0 radical (unpaired) electrons. The van der Waals surface area contributed by atoms with E-state index in [1.807, 2.05) is 50.2 Å². The lowest BCUT2D eigenvalue weighted by Crippen LogP contribution is -2.36. The number of benzene rings is 3. The number of thioether (sulfide) groups is 1. The fourth-order valence-electron chi connectivity index (χ4n) is 4.41. The number of carbonyl (C=O) groups is 4. The number of nitrogens with zero attached hydrogens (tertiary/aromatic N) is 2. The Morgan fingerprint density at radius 3 is 2.40 bits per heavy atom. The summed E-state index contributed by atoms with van der Waals surface area (Å²) in [6.07, 6.45) is 3.33. The van der Waals surface area contributed by atoms with Crippen molar-refractivity contribution in [2.24, 2.45) is 0 Å². The zero-order chi connectivity index (χ0) is 28.4. The van der Waals surface area contributed by atoms with Gasteiger partial charge in [0.2, 0.25) is 11.8 Å². The second kappa shape index (κ2) is 11.2. The highest BCUT2D eigenvalue weighted by Crippen LogP contribution is 2.34. The second-order valence-corrected chi connectivity index (χ2v) is 10.3. The van der Waals surface area contributed by atoms with E-state index in [-0.39, 0.29) is 17.4 Å². The molecule has 0 atom stereocenters. The minimum absolute atomic E-state index is 0.0221. The summed E-state index contributed by atoms with van der Waals surface area (Å²) in [5, 5.41) is 5.77. The molecule has 0 aliphatic carbocycles. The van der Waals surface area contributed by atoms with Crippen LogP contribution in [0.2, 0.25) is 0 Å². The maximum absolute atomic E-state index is 13.2. The van der Waals surface area contributed by atoms with Crippen LogP contribution < -0.4 is 10.6 Å². The van der Waals surface area contributed by atoms with Crippen molar-refractivity contribution in [1.29, 1.82) is 0 Å².